The van der Waals surface area contributed by atoms with Gasteiger partial charge in [0, 0.05) is 17.8 Å². The van der Waals surface area contributed by atoms with Crippen LogP contribution in [-0.4, -0.2) is 20.9 Å². The number of H-pyrrole nitrogens is 3. The van der Waals surface area contributed by atoms with Crippen molar-refractivity contribution in [3.8, 4) is 6.07 Å². The number of amides is 1. The van der Waals surface area contributed by atoms with Crippen LogP contribution in [0.15, 0.2) is 27.8 Å². The van der Waals surface area contributed by atoms with Crippen LogP contribution in [0.2, 0.25) is 0 Å². The van der Waals surface area contributed by atoms with Gasteiger partial charge in [0.2, 0.25) is 5.91 Å². The van der Waals surface area contributed by atoms with Gasteiger partial charge in [-0.15, -0.1) is 0 Å². The molecule has 2 heterocycles. The third-order valence-electron chi connectivity index (χ3n) is 4.32. The second-order valence-corrected chi connectivity index (χ2v) is 6.06. The molecule has 8 heteroatoms. The fraction of sp³-hybridized carbons (Fsp3) is 0.222. The maximum atomic E-state index is 12.2. The number of nitrogens with one attached hydrogen (secondary N) is 4. The van der Waals surface area contributed by atoms with Gasteiger partial charge in [0.25, 0.3) is 5.56 Å². The highest BCUT2D eigenvalue weighted by Gasteiger charge is 2.13. The lowest BCUT2D eigenvalue weighted by atomic mass is 9.99. The van der Waals surface area contributed by atoms with Crippen molar-refractivity contribution in [2.75, 3.05) is 5.32 Å². The Morgan fingerprint density at radius 3 is 2.62 bits per heavy atom. The molecule has 2 aromatic heterocycles. The number of pyridine rings is 1. The predicted molar refractivity (Wildman–Crippen MR) is 97.1 cm³/mol. The van der Waals surface area contributed by atoms with E-state index >= 15 is 0 Å². The highest BCUT2D eigenvalue weighted by Crippen LogP contribution is 2.17. The molecule has 4 N–H and O–H groups in total. The van der Waals surface area contributed by atoms with E-state index in [1.54, 1.807) is 32.0 Å². The van der Waals surface area contributed by atoms with Crippen LogP contribution in [-0.2, 0) is 11.2 Å². The normalized spacial score (nSPS) is 10.7. The van der Waals surface area contributed by atoms with E-state index in [1.165, 1.54) is 0 Å². The molecule has 3 rings (SSSR count). The zero-order chi connectivity index (χ0) is 18.8. The van der Waals surface area contributed by atoms with Gasteiger partial charge in [-0.2, -0.15) is 5.26 Å². The number of benzene rings is 1. The maximum Gasteiger partial charge on any atom is 0.323 e. The minimum atomic E-state index is -0.413. The largest absolute Gasteiger partial charge is 0.326 e. The number of aromatic nitrogens is 3. The molecule has 132 valence electrons. The van der Waals surface area contributed by atoms with Crippen LogP contribution in [0.4, 0.5) is 5.69 Å². The van der Waals surface area contributed by atoms with Crippen LogP contribution in [0.1, 0.15) is 28.8 Å². The second kappa shape index (κ2) is 6.72. The Labute approximate surface area is 147 Å². The first-order chi connectivity index (χ1) is 12.4. The summed E-state index contributed by atoms with van der Waals surface area (Å²) in [6.45, 7) is 3.46. The van der Waals surface area contributed by atoms with Gasteiger partial charge < -0.3 is 20.3 Å². The van der Waals surface area contributed by atoms with Crippen molar-refractivity contribution >= 4 is 22.6 Å². The average molecular weight is 351 g/mol. The molecule has 0 spiro atoms. The lowest BCUT2D eigenvalue weighted by Gasteiger charge is -2.11. The van der Waals surface area contributed by atoms with E-state index in [-0.39, 0.29) is 23.6 Å². The van der Waals surface area contributed by atoms with E-state index < -0.39 is 5.56 Å². The SMILES string of the molecule is Cc1[nH]c(=O)c(C#N)c(C)c1CCC(=O)Nc1ccc2[nH]c(=O)[nH]c2c1. The first kappa shape index (κ1) is 17.2. The zero-order valence-corrected chi connectivity index (χ0v) is 14.3. The lowest BCUT2D eigenvalue weighted by Crippen LogP contribution is -2.18. The fourth-order valence-electron chi connectivity index (χ4n) is 2.99. The van der Waals surface area contributed by atoms with Crippen LogP contribution < -0.4 is 16.6 Å². The highest BCUT2D eigenvalue weighted by molar-refractivity contribution is 5.93. The monoisotopic (exact) mass is 351 g/mol. The third-order valence-corrected chi connectivity index (χ3v) is 4.32. The topological polar surface area (TPSA) is 134 Å². The van der Waals surface area contributed by atoms with E-state index in [1.807, 2.05) is 6.07 Å². The van der Waals surface area contributed by atoms with Gasteiger partial charge in [-0.3, -0.25) is 9.59 Å². The van der Waals surface area contributed by atoms with Gasteiger partial charge in [0.1, 0.15) is 11.6 Å². The number of imidazole rings is 1. The number of aryl methyl sites for hydroxylation is 1. The fourth-order valence-corrected chi connectivity index (χ4v) is 2.99. The van der Waals surface area contributed by atoms with E-state index in [4.69, 9.17) is 5.26 Å². The number of nitrogens with zero attached hydrogens (tertiary/aromatic N) is 1. The number of nitriles is 1. The molecule has 3 aromatic rings. The van der Waals surface area contributed by atoms with Gasteiger partial charge in [-0.25, -0.2) is 4.79 Å². The van der Waals surface area contributed by atoms with Crippen molar-refractivity contribution in [3.05, 3.63) is 61.4 Å². The van der Waals surface area contributed by atoms with Gasteiger partial charge in [-0.1, -0.05) is 0 Å². The number of hydrogen-bond donors (Lipinski definition) is 4. The van der Waals surface area contributed by atoms with Crippen LogP contribution in [0, 0.1) is 25.2 Å². The average Bonchev–Trinajstić information content (AvgIpc) is 2.94. The number of carbonyl (C=O) groups is 1. The van der Waals surface area contributed by atoms with E-state index in [0.717, 1.165) is 5.56 Å². The zero-order valence-electron chi connectivity index (χ0n) is 14.3. The van der Waals surface area contributed by atoms with Gasteiger partial charge >= 0.3 is 5.69 Å². The quantitative estimate of drug-likeness (QED) is 0.568. The minimum Gasteiger partial charge on any atom is -0.326 e. The van der Waals surface area contributed by atoms with Gasteiger partial charge in [0.15, 0.2) is 0 Å². The Balaban J connectivity index is 1.73. The summed E-state index contributed by atoms with van der Waals surface area (Å²) < 4.78 is 0. The van der Waals surface area contributed by atoms with E-state index in [9.17, 15) is 14.4 Å². The number of fused-ring (bicyclic) bond motifs is 1. The Hall–Kier alpha value is -3.60. The molecule has 0 aliphatic heterocycles. The first-order valence-corrected chi connectivity index (χ1v) is 8.03. The van der Waals surface area contributed by atoms with Crippen molar-refractivity contribution < 1.29 is 4.79 Å². The van der Waals surface area contributed by atoms with Crippen molar-refractivity contribution in [2.45, 2.75) is 26.7 Å². The van der Waals surface area contributed by atoms with Crippen LogP contribution >= 0.6 is 0 Å². The Morgan fingerprint density at radius 1 is 1.15 bits per heavy atom. The standard InChI is InChI=1S/C18H17N5O3/c1-9-12(10(2)20-17(25)13(9)8-19)4-6-16(24)21-11-3-5-14-15(7-11)23-18(26)22-14/h3,5,7H,4,6H2,1-2H3,(H,20,25)(H,21,24)(H2,22,23,26). The molecular formula is C18H17N5O3. The van der Waals surface area contributed by atoms with Gasteiger partial charge in [0.05, 0.1) is 11.0 Å². The van der Waals surface area contributed by atoms with Crippen molar-refractivity contribution in [1.82, 2.24) is 15.0 Å². The first-order valence-electron chi connectivity index (χ1n) is 8.03. The Morgan fingerprint density at radius 2 is 1.88 bits per heavy atom. The van der Waals surface area contributed by atoms with Crippen molar-refractivity contribution in [1.29, 1.82) is 5.26 Å². The number of hydrogen-bond acceptors (Lipinski definition) is 4. The van der Waals surface area contributed by atoms with Gasteiger partial charge in [-0.05, 0) is 49.6 Å². The maximum absolute atomic E-state index is 12.2. The molecule has 0 saturated carbocycles. The number of carbonyl (C=O) groups excluding carboxylic acids is 1. The summed E-state index contributed by atoms with van der Waals surface area (Å²) in [6, 6.07) is 6.99. The summed E-state index contributed by atoms with van der Waals surface area (Å²) in [5.74, 6) is -0.203. The van der Waals surface area contributed by atoms with E-state index in [2.05, 4.69) is 20.3 Å². The molecule has 8 nitrogen and oxygen atoms in total. The van der Waals surface area contributed by atoms with Crippen molar-refractivity contribution in [2.24, 2.45) is 0 Å². The highest BCUT2D eigenvalue weighted by atomic mass is 16.2. The lowest BCUT2D eigenvalue weighted by molar-refractivity contribution is -0.116. The molecule has 1 amide bonds. The summed E-state index contributed by atoms with van der Waals surface area (Å²) in [6.07, 6.45) is 0.596. The molecule has 0 radical (unpaired) electrons. The number of anilines is 1. The molecule has 0 bridgehead atoms. The predicted octanol–water partition coefficient (Wildman–Crippen LogP) is 1.60. The Bertz CT molecular complexity index is 1160. The van der Waals surface area contributed by atoms with Crippen LogP contribution in [0.3, 0.4) is 0 Å². The van der Waals surface area contributed by atoms with E-state index in [0.29, 0.717) is 34.4 Å². The molecule has 0 unspecified atom stereocenters. The summed E-state index contributed by atoms with van der Waals surface area (Å²) >= 11 is 0. The smallest absolute Gasteiger partial charge is 0.323 e. The molecule has 0 aliphatic rings. The molecule has 26 heavy (non-hydrogen) atoms. The summed E-state index contributed by atoms with van der Waals surface area (Å²) in [7, 11) is 0. The minimum absolute atomic E-state index is 0.0767. The number of rotatable bonds is 4. The molecule has 0 atom stereocenters. The molecule has 0 aliphatic carbocycles. The molecule has 0 fully saturated rings. The van der Waals surface area contributed by atoms with Crippen LogP contribution in [0.25, 0.3) is 11.0 Å². The molecule has 1 aromatic carbocycles. The summed E-state index contributed by atoms with van der Waals surface area (Å²) in [4.78, 5) is 43.2. The Kier molecular flexibility index (Phi) is 4.45. The van der Waals surface area contributed by atoms with Crippen molar-refractivity contribution in [3.63, 3.8) is 0 Å². The summed E-state index contributed by atoms with van der Waals surface area (Å²) in [5.41, 5.74) is 3.26. The second-order valence-electron chi connectivity index (χ2n) is 6.06. The number of aromatic amines is 3. The third kappa shape index (κ3) is 3.28. The molecular weight excluding hydrogens is 334 g/mol. The van der Waals surface area contributed by atoms with Crippen LogP contribution in [0.5, 0.6) is 0 Å². The summed E-state index contributed by atoms with van der Waals surface area (Å²) in [5, 5.41) is 11.9. The molecule has 0 saturated heterocycles.